The Kier molecular flexibility index (Phi) is 3.68. The summed E-state index contributed by atoms with van der Waals surface area (Å²) in [4.78, 5) is 12.0. The molecule has 1 aromatic heterocycles. The summed E-state index contributed by atoms with van der Waals surface area (Å²) in [5.41, 5.74) is 1.12. The zero-order valence-electron chi connectivity index (χ0n) is 10.1. The maximum absolute atomic E-state index is 12.0. The predicted molar refractivity (Wildman–Crippen MR) is 68.8 cm³/mol. The fourth-order valence-corrected chi connectivity index (χ4v) is 2.38. The molecule has 0 spiro atoms. The van der Waals surface area contributed by atoms with Gasteiger partial charge < -0.3 is 4.74 Å². The fourth-order valence-electron chi connectivity index (χ4n) is 1.61. The number of hydrogen-bond donors (Lipinski definition) is 0. The van der Waals surface area contributed by atoms with E-state index in [1.54, 1.807) is 18.8 Å². The SMILES string of the molecule is CC(C)c1nn(C)c(Cl)c1C(=O)OC1CSC1. The summed E-state index contributed by atoms with van der Waals surface area (Å²) in [5, 5.41) is 4.61. The third-order valence-electron chi connectivity index (χ3n) is 2.64. The van der Waals surface area contributed by atoms with Crippen LogP contribution in [0, 0.1) is 0 Å². The third kappa shape index (κ3) is 2.45. The van der Waals surface area contributed by atoms with Gasteiger partial charge in [-0.15, -0.1) is 0 Å². The van der Waals surface area contributed by atoms with Crippen molar-refractivity contribution in [3.63, 3.8) is 0 Å². The Hall–Kier alpha value is -0.680. The summed E-state index contributed by atoms with van der Waals surface area (Å²) in [6, 6.07) is 0. The number of ether oxygens (including phenoxy) is 1. The fraction of sp³-hybridized carbons (Fsp3) is 0.636. The average molecular weight is 275 g/mol. The van der Waals surface area contributed by atoms with Crippen molar-refractivity contribution >= 4 is 29.3 Å². The summed E-state index contributed by atoms with van der Waals surface area (Å²) < 4.78 is 6.88. The number of aryl methyl sites for hydroxylation is 1. The molecule has 1 aromatic rings. The lowest BCUT2D eigenvalue weighted by Gasteiger charge is -2.24. The first-order valence-corrected chi connectivity index (χ1v) is 7.05. The quantitative estimate of drug-likeness (QED) is 0.795. The van der Waals surface area contributed by atoms with Crippen LogP contribution >= 0.6 is 23.4 Å². The molecular formula is C11H15ClN2O2S. The molecule has 1 saturated heterocycles. The summed E-state index contributed by atoms with van der Waals surface area (Å²) >= 11 is 7.86. The number of esters is 1. The molecular weight excluding hydrogens is 260 g/mol. The van der Waals surface area contributed by atoms with Crippen molar-refractivity contribution in [3.05, 3.63) is 16.4 Å². The summed E-state index contributed by atoms with van der Waals surface area (Å²) in [7, 11) is 1.73. The second-order valence-electron chi connectivity index (χ2n) is 4.39. The number of halogens is 1. The van der Waals surface area contributed by atoms with Crippen LogP contribution in [-0.2, 0) is 11.8 Å². The van der Waals surface area contributed by atoms with Gasteiger partial charge in [0.2, 0.25) is 0 Å². The largest absolute Gasteiger partial charge is 0.457 e. The Labute approximate surface area is 110 Å². The molecule has 0 bridgehead atoms. The molecule has 0 aliphatic carbocycles. The van der Waals surface area contributed by atoms with Gasteiger partial charge in [-0.05, 0) is 5.92 Å². The highest BCUT2D eigenvalue weighted by molar-refractivity contribution is 8.00. The zero-order chi connectivity index (χ0) is 12.6. The minimum atomic E-state index is -0.350. The van der Waals surface area contributed by atoms with Crippen LogP contribution in [0.15, 0.2) is 0 Å². The van der Waals surface area contributed by atoms with E-state index in [1.165, 1.54) is 4.68 Å². The number of carbonyl (C=O) groups excluding carboxylic acids is 1. The van der Waals surface area contributed by atoms with Gasteiger partial charge >= 0.3 is 5.97 Å². The Morgan fingerprint density at radius 1 is 1.59 bits per heavy atom. The van der Waals surface area contributed by atoms with Gasteiger partial charge in [0.15, 0.2) is 0 Å². The lowest BCUT2D eigenvalue weighted by atomic mass is 10.1. The topological polar surface area (TPSA) is 44.1 Å². The van der Waals surface area contributed by atoms with Gasteiger partial charge in [0.25, 0.3) is 0 Å². The molecule has 94 valence electrons. The van der Waals surface area contributed by atoms with Crippen molar-refractivity contribution in [1.29, 1.82) is 0 Å². The number of carbonyl (C=O) groups is 1. The van der Waals surface area contributed by atoms with Gasteiger partial charge in [-0.2, -0.15) is 16.9 Å². The summed E-state index contributed by atoms with van der Waals surface area (Å²) in [6.07, 6.45) is 0.0313. The van der Waals surface area contributed by atoms with E-state index in [1.807, 2.05) is 13.8 Å². The molecule has 0 aromatic carbocycles. The molecule has 1 fully saturated rings. The van der Waals surface area contributed by atoms with Crippen molar-refractivity contribution in [2.45, 2.75) is 25.9 Å². The smallest absolute Gasteiger partial charge is 0.343 e. The van der Waals surface area contributed by atoms with Gasteiger partial charge in [0, 0.05) is 18.6 Å². The Bertz CT molecular complexity index is 441. The molecule has 2 heterocycles. The maximum atomic E-state index is 12.0. The summed E-state index contributed by atoms with van der Waals surface area (Å²) in [5.74, 6) is 1.55. The predicted octanol–water partition coefficient (Wildman–Crippen LogP) is 2.47. The first-order chi connectivity index (χ1) is 8.00. The second-order valence-corrected chi connectivity index (χ2v) is 5.83. The van der Waals surface area contributed by atoms with Gasteiger partial charge in [0.05, 0.1) is 5.69 Å². The van der Waals surface area contributed by atoms with Gasteiger partial charge in [-0.25, -0.2) is 4.79 Å². The number of hydrogen-bond acceptors (Lipinski definition) is 4. The average Bonchev–Trinajstić information content (AvgIpc) is 2.50. The lowest BCUT2D eigenvalue weighted by molar-refractivity contribution is 0.0373. The highest BCUT2D eigenvalue weighted by atomic mass is 35.5. The van der Waals surface area contributed by atoms with Gasteiger partial charge in [-0.3, -0.25) is 4.68 Å². The van der Waals surface area contributed by atoms with E-state index in [0.717, 1.165) is 11.5 Å². The number of rotatable bonds is 3. The summed E-state index contributed by atoms with van der Waals surface area (Å²) in [6.45, 7) is 3.96. The minimum absolute atomic E-state index is 0.0313. The molecule has 0 atom stereocenters. The van der Waals surface area contributed by atoms with Crippen LogP contribution in [0.4, 0.5) is 0 Å². The van der Waals surface area contributed by atoms with E-state index < -0.39 is 0 Å². The Balaban J connectivity index is 2.25. The van der Waals surface area contributed by atoms with Crippen LogP contribution in [0.2, 0.25) is 5.15 Å². The van der Waals surface area contributed by atoms with E-state index in [0.29, 0.717) is 16.4 Å². The molecule has 0 unspecified atom stereocenters. The monoisotopic (exact) mass is 274 g/mol. The van der Waals surface area contributed by atoms with Gasteiger partial charge in [-0.1, -0.05) is 25.4 Å². The molecule has 2 rings (SSSR count). The van der Waals surface area contributed by atoms with E-state index in [4.69, 9.17) is 16.3 Å². The molecule has 1 aliphatic rings. The van der Waals surface area contributed by atoms with Gasteiger partial charge in [0.1, 0.15) is 16.8 Å². The standard InChI is InChI=1S/C11H15ClN2O2S/c1-6(2)9-8(10(12)14(3)13-9)11(15)16-7-4-17-5-7/h6-7H,4-5H2,1-3H3. The van der Waals surface area contributed by atoms with E-state index >= 15 is 0 Å². The molecule has 0 saturated carbocycles. The van der Waals surface area contributed by atoms with Crippen LogP contribution in [0.1, 0.15) is 35.8 Å². The van der Waals surface area contributed by atoms with Crippen LogP contribution in [0.3, 0.4) is 0 Å². The molecule has 17 heavy (non-hydrogen) atoms. The highest BCUT2D eigenvalue weighted by Gasteiger charge is 2.29. The first kappa shape index (κ1) is 12.8. The van der Waals surface area contributed by atoms with Crippen molar-refractivity contribution in [1.82, 2.24) is 9.78 Å². The third-order valence-corrected chi connectivity index (χ3v) is 4.29. The Morgan fingerprint density at radius 3 is 2.71 bits per heavy atom. The Morgan fingerprint density at radius 2 is 2.24 bits per heavy atom. The molecule has 0 N–H and O–H groups in total. The van der Waals surface area contributed by atoms with E-state index in [-0.39, 0.29) is 18.0 Å². The van der Waals surface area contributed by atoms with E-state index in [2.05, 4.69) is 5.10 Å². The number of nitrogens with zero attached hydrogens (tertiary/aromatic N) is 2. The molecule has 4 nitrogen and oxygen atoms in total. The maximum Gasteiger partial charge on any atom is 0.343 e. The van der Waals surface area contributed by atoms with Crippen LogP contribution in [0.5, 0.6) is 0 Å². The molecule has 0 amide bonds. The zero-order valence-corrected chi connectivity index (χ0v) is 11.6. The normalized spacial score (nSPS) is 16.1. The van der Waals surface area contributed by atoms with Crippen LogP contribution in [-0.4, -0.2) is 33.4 Å². The van der Waals surface area contributed by atoms with Crippen molar-refractivity contribution in [3.8, 4) is 0 Å². The first-order valence-electron chi connectivity index (χ1n) is 5.51. The van der Waals surface area contributed by atoms with Crippen molar-refractivity contribution in [2.75, 3.05) is 11.5 Å². The van der Waals surface area contributed by atoms with Crippen LogP contribution < -0.4 is 0 Å². The molecule has 6 heteroatoms. The highest BCUT2D eigenvalue weighted by Crippen LogP contribution is 2.28. The number of thioether (sulfide) groups is 1. The second kappa shape index (κ2) is 4.90. The van der Waals surface area contributed by atoms with Crippen molar-refractivity contribution < 1.29 is 9.53 Å². The van der Waals surface area contributed by atoms with Crippen LogP contribution in [0.25, 0.3) is 0 Å². The minimum Gasteiger partial charge on any atom is -0.457 e. The lowest BCUT2D eigenvalue weighted by Crippen LogP contribution is -2.31. The van der Waals surface area contributed by atoms with E-state index in [9.17, 15) is 4.79 Å². The van der Waals surface area contributed by atoms with Crippen molar-refractivity contribution in [2.24, 2.45) is 7.05 Å². The number of aromatic nitrogens is 2. The molecule has 1 aliphatic heterocycles. The molecule has 0 radical (unpaired) electrons.